The van der Waals surface area contributed by atoms with Gasteiger partial charge in [-0.05, 0) is 18.6 Å². The van der Waals surface area contributed by atoms with Crippen molar-refractivity contribution in [3.63, 3.8) is 0 Å². The second kappa shape index (κ2) is 11.2. The van der Waals surface area contributed by atoms with Crippen molar-refractivity contribution in [1.82, 2.24) is 5.32 Å². The Labute approximate surface area is 169 Å². The first-order valence-corrected chi connectivity index (χ1v) is 11.0. The zero-order valence-electron chi connectivity index (χ0n) is 14.1. The van der Waals surface area contributed by atoms with Crippen LogP contribution in [0.5, 0.6) is 5.75 Å². The van der Waals surface area contributed by atoms with E-state index in [-0.39, 0.29) is 22.8 Å². The summed E-state index contributed by atoms with van der Waals surface area (Å²) in [7, 11) is -3.97. The molecule has 1 aromatic rings. The maximum atomic E-state index is 13.1. The average Bonchev–Trinajstić information content (AvgIpc) is 2.63. The number of benzene rings is 1. The SMILES string of the molecule is NC(CC[P@@](=O)(Oc1ccccc1)O[C@@H](CI)C(=O)NCC(=O)O)C(=O)O. The van der Waals surface area contributed by atoms with Crippen molar-refractivity contribution in [2.24, 2.45) is 5.73 Å². The molecule has 0 aliphatic heterocycles. The van der Waals surface area contributed by atoms with Gasteiger partial charge < -0.3 is 25.8 Å². The van der Waals surface area contributed by atoms with Crippen molar-refractivity contribution in [3.05, 3.63) is 30.3 Å². The van der Waals surface area contributed by atoms with E-state index in [1.165, 1.54) is 12.1 Å². The minimum atomic E-state index is -3.97. The molecule has 10 nitrogen and oxygen atoms in total. The smallest absolute Gasteiger partial charge is 0.380 e. The number of nitrogens with two attached hydrogens (primary N) is 1. The number of hydrogen-bond donors (Lipinski definition) is 4. The first-order chi connectivity index (χ1) is 12.7. The standard InChI is InChI=1S/C15H20IN2O8P/c16-8-12(14(21)18-9-13(19)20)26-27(24,7-6-11(17)15(22)23)25-10-4-2-1-3-5-10/h1-5,11-12H,6-9,17H2,(H,18,21)(H,19,20)(H,22,23)/t11?,12-,27+/m0/s1. The summed E-state index contributed by atoms with van der Waals surface area (Å²) < 4.78 is 24.0. The van der Waals surface area contributed by atoms with Crippen molar-refractivity contribution in [1.29, 1.82) is 0 Å². The number of carboxylic acids is 2. The van der Waals surface area contributed by atoms with Crippen LogP contribution in [-0.4, -0.2) is 57.3 Å². The monoisotopic (exact) mass is 514 g/mol. The Hall–Kier alpha value is -1.69. The normalized spacial score (nSPS) is 15.2. The zero-order valence-corrected chi connectivity index (χ0v) is 17.2. The predicted molar refractivity (Wildman–Crippen MR) is 104 cm³/mol. The number of para-hydroxylation sites is 1. The molecule has 27 heavy (non-hydrogen) atoms. The van der Waals surface area contributed by atoms with Gasteiger partial charge in [-0.1, -0.05) is 40.8 Å². The van der Waals surface area contributed by atoms with Gasteiger partial charge in [0.15, 0.2) is 6.10 Å². The number of carboxylic acid groups (broad SMARTS) is 2. The lowest BCUT2D eigenvalue weighted by molar-refractivity contribution is -0.139. The third kappa shape index (κ3) is 8.69. The summed E-state index contributed by atoms with van der Waals surface area (Å²) in [5.74, 6) is -3.08. The summed E-state index contributed by atoms with van der Waals surface area (Å²) in [4.78, 5) is 33.5. The van der Waals surface area contributed by atoms with Gasteiger partial charge in [0.25, 0.3) is 5.91 Å². The summed E-state index contributed by atoms with van der Waals surface area (Å²) >= 11 is 1.82. The molecule has 1 aromatic carbocycles. The zero-order chi connectivity index (χ0) is 20.4. The van der Waals surface area contributed by atoms with E-state index in [2.05, 4.69) is 5.32 Å². The third-order valence-electron chi connectivity index (χ3n) is 3.15. The molecule has 0 aliphatic carbocycles. The second-order valence-electron chi connectivity index (χ2n) is 5.33. The summed E-state index contributed by atoms with van der Waals surface area (Å²) in [5.41, 5.74) is 5.44. The highest BCUT2D eigenvalue weighted by Crippen LogP contribution is 2.50. The minimum Gasteiger partial charge on any atom is -0.480 e. The van der Waals surface area contributed by atoms with Crippen LogP contribution in [0.4, 0.5) is 0 Å². The molecule has 0 saturated heterocycles. The highest BCUT2D eigenvalue weighted by molar-refractivity contribution is 14.1. The number of rotatable bonds is 12. The molecule has 0 saturated carbocycles. The van der Waals surface area contributed by atoms with Crippen LogP contribution in [0, 0.1) is 0 Å². The molecule has 0 aromatic heterocycles. The Morgan fingerprint density at radius 3 is 2.37 bits per heavy atom. The van der Waals surface area contributed by atoms with Gasteiger partial charge in [-0.15, -0.1) is 0 Å². The molecule has 0 heterocycles. The van der Waals surface area contributed by atoms with Gasteiger partial charge in [0.1, 0.15) is 18.3 Å². The number of halogens is 1. The topological polar surface area (TPSA) is 165 Å². The number of carbonyl (C=O) groups excluding carboxylic acids is 1. The van der Waals surface area contributed by atoms with Crippen molar-refractivity contribution in [2.45, 2.75) is 18.6 Å². The van der Waals surface area contributed by atoms with Crippen LogP contribution in [0.3, 0.4) is 0 Å². The molecule has 0 aliphatic rings. The Bertz CT molecular complexity index is 702. The minimum absolute atomic E-state index is 0.0658. The van der Waals surface area contributed by atoms with Gasteiger partial charge in [-0.3, -0.25) is 18.9 Å². The van der Waals surface area contributed by atoms with Crippen LogP contribution in [0.2, 0.25) is 0 Å². The number of amides is 1. The number of aliphatic carboxylic acids is 2. The molecule has 150 valence electrons. The van der Waals surface area contributed by atoms with E-state index in [4.69, 9.17) is 25.0 Å². The maximum Gasteiger partial charge on any atom is 0.380 e. The van der Waals surface area contributed by atoms with Crippen molar-refractivity contribution >= 4 is 48.0 Å². The first-order valence-electron chi connectivity index (χ1n) is 7.73. The number of hydrogen-bond acceptors (Lipinski definition) is 7. The van der Waals surface area contributed by atoms with Gasteiger partial charge in [-0.25, -0.2) is 4.57 Å². The summed E-state index contributed by atoms with van der Waals surface area (Å²) in [6, 6.07) is 6.76. The van der Waals surface area contributed by atoms with Crippen molar-refractivity contribution < 1.29 is 38.2 Å². The van der Waals surface area contributed by atoms with E-state index < -0.39 is 44.1 Å². The van der Waals surface area contributed by atoms with Gasteiger partial charge >= 0.3 is 19.5 Å². The quantitative estimate of drug-likeness (QED) is 0.182. The largest absolute Gasteiger partial charge is 0.480 e. The number of carbonyl (C=O) groups is 3. The molecule has 3 atom stereocenters. The molecule has 0 radical (unpaired) electrons. The van der Waals surface area contributed by atoms with E-state index in [1.54, 1.807) is 18.2 Å². The molecule has 0 fully saturated rings. The summed E-state index contributed by atoms with van der Waals surface area (Å²) in [6.07, 6.45) is -1.79. The predicted octanol–water partition coefficient (Wildman–Crippen LogP) is 1.08. The molecular weight excluding hydrogens is 494 g/mol. The Morgan fingerprint density at radius 1 is 1.22 bits per heavy atom. The lowest BCUT2D eigenvalue weighted by Crippen LogP contribution is -2.40. The van der Waals surface area contributed by atoms with E-state index in [1.807, 2.05) is 22.6 Å². The Balaban J connectivity index is 2.93. The third-order valence-corrected chi connectivity index (χ3v) is 5.82. The maximum absolute atomic E-state index is 13.1. The Kier molecular flexibility index (Phi) is 9.70. The van der Waals surface area contributed by atoms with E-state index >= 15 is 0 Å². The first kappa shape index (κ1) is 23.3. The van der Waals surface area contributed by atoms with Crippen LogP contribution in [0.15, 0.2) is 30.3 Å². The van der Waals surface area contributed by atoms with Gasteiger partial charge in [0.2, 0.25) is 0 Å². The van der Waals surface area contributed by atoms with Crippen LogP contribution in [0.25, 0.3) is 0 Å². The molecule has 1 rings (SSSR count). The fraction of sp³-hybridized carbons (Fsp3) is 0.400. The fourth-order valence-electron chi connectivity index (χ4n) is 1.80. The molecule has 12 heteroatoms. The van der Waals surface area contributed by atoms with E-state index in [9.17, 15) is 18.9 Å². The summed E-state index contributed by atoms with van der Waals surface area (Å²) in [6.45, 7) is -0.622. The molecule has 1 unspecified atom stereocenters. The molecule has 1 amide bonds. The molecule has 5 N–H and O–H groups in total. The van der Waals surface area contributed by atoms with Crippen molar-refractivity contribution in [3.8, 4) is 5.75 Å². The lowest BCUT2D eigenvalue weighted by atomic mass is 10.2. The second-order valence-corrected chi connectivity index (χ2v) is 8.28. The van der Waals surface area contributed by atoms with Crippen LogP contribution in [-0.2, 0) is 23.5 Å². The van der Waals surface area contributed by atoms with Crippen LogP contribution in [0.1, 0.15) is 6.42 Å². The Morgan fingerprint density at radius 2 is 1.85 bits per heavy atom. The number of nitrogens with one attached hydrogen (secondary N) is 1. The van der Waals surface area contributed by atoms with Gasteiger partial charge in [-0.2, -0.15) is 0 Å². The van der Waals surface area contributed by atoms with Gasteiger partial charge in [0.05, 0.1) is 6.16 Å². The summed E-state index contributed by atoms with van der Waals surface area (Å²) in [5, 5.41) is 19.7. The lowest BCUT2D eigenvalue weighted by Gasteiger charge is -2.24. The van der Waals surface area contributed by atoms with E-state index in [0.717, 1.165) is 0 Å². The number of alkyl halides is 1. The van der Waals surface area contributed by atoms with E-state index in [0.29, 0.717) is 0 Å². The van der Waals surface area contributed by atoms with Crippen molar-refractivity contribution in [2.75, 3.05) is 17.1 Å². The van der Waals surface area contributed by atoms with Crippen LogP contribution < -0.4 is 15.6 Å². The van der Waals surface area contributed by atoms with Gasteiger partial charge in [0, 0.05) is 4.43 Å². The van der Waals surface area contributed by atoms with Crippen LogP contribution >= 0.6 is 30.2 Å². The molecular formula is C15H20IN2O8P. The fourth-order valence-corrected chi connectivity index (χ4v) is 4.50. The highest BCUT2D eigenvalue weighted by atomic mass is 127. The molecule has 0 spiro atoms. The average molecular weight is 514 g/mol. The molecule has 0 bridgehead atoms. The highest BCUT2D eigenvalue weighted by Gasteiger charge is 2.34.